The van der Waals surface area contributed by atoms with Crippen LogP contribution in [-0.4, -0.2) is 10.3 Å². The molecule has 2 atom stereocenters. The summed E-state index contributed by atoms with van der Waals surface area (Å²) in [7, 11) is 0. The number of nitrogens with zero attached hydrogens (tertiary/aromatic N) is 1. The van der Waals surface area contributed by atoms with E-state index in [-0.39, 0.29) is 5.56 Å². The van der Waals surface area contributed by atoms with Crippen molar-refractivity contribution in [3.63, 3.8) is 0 Å². The summed E-state index contributed by atoms with van der Waals surface area (Å²) < 4.78 is 8.08. The Balaban J connectivity index is 2.23. The number of fused-ring (bicyclic) bond motifs is 1. The lowest BCUT2D eigenvalue weighted by Crippen LogP contribution is -2.34. The Labute approximate surface area is 111 Å². The van der Waals surface area contributed by atoms with Crippen molar-refractivity contribution in [1.82, 2.24) is 4.37 Å². The van der Waals surface area contributed by atoms with Gasteiger partial charge in [-0.1, -0.05) is 0 Å². The van der Waals surface area contributed by atoms with Gasteiger partial charge in [0.1, 0.15) is 22.4 Å². The van der Waals surface area contributed by atoms with E-state index in [1.165, 1.54) is 0 Å². The number of aromatic amines is 1. The van der Waals surface area contributed by atoms with Gasteiger partial charge in [0.15, 0.2) is 0 Å². The molecule has 0 spiro atoms. The van der Waals surface area contributed by atoms with Crippen LogP contribution >= 0.6 is 11.5 Å². The molecule has 1 amide bonds. The molecular formula is C12H9N3O3S. The number of furan rings is 1. The van der Waals surface area contributed by atoms with E-state index >= 15 is 0 Å². The van der Waals surface area contributed by atoms with Crippen LogP contribution in [0.15, 0.2) is 21.3 Å². The third-order valence-electron chi connectivity index (χ3n) is 3.11. The zero-order chi connectivity index (χ0) is 13.6. The third-order valence-corrected chi connectivity index (χ3v) is 3.92. The van der Waals surface area contributed by atoms with Crippen LogP contribution in [0.4, 0.5) is 5.00 Å². The van der Waals surface area contributed by atoms with Crippen molar-refractivity contribution >= 4 is 22.4 Å². The second-order valence-electron chi connectivity index (χ2n) is 4.30. The second kappa shape index (κ2) is 4.10. The molecule has 1 aliphatic heterocycles. The van der Waals surface area contributed by atoms with Gasteiger partial charge in [-0.3, -0.25) is 14.0 Å². The lowest BCUT2D eigenvalue weighted by atomic mass is 9.83. The molecule has 96 valence electrons. The first kappa shape index (κ1) is 11.7. The Morgan fingerprint density at radius 1 is 1.42 bits per heavy atom. The van der Waals surface area contributed by atoms with Crippen molar-refractivity contribution in [1.29, 1.82) is 5.26 Å². The van der Waals surface area contributed by atoms with Crippen LogP contribution in [0.1, 0.15) is 23.0 Å². The first-order valence-electron chi connectivity index (χ1n) is 5.60. The molecule has 0 saturated carbocycles. The van der Waals surface area contributed by atoms with E-state index in [1.54, 1.807) is 19.1 Å². The zero-order valence-electron chi connectivity index (χ0n) is 9.89. The van der Waals surface area contributed by atoms with E-state index in [1.807, 2.05) is 6.07 Å². The number of amides is 1. The number of hydrogen-bond acceptors (Lipinski definition) is 5. The topological polar surface area (TPSA) is 98.9 Å². The Morgan fingerprint density at radius 3 is 2.84 bits per heavy atom. The molecule has 0 aliphatic carbocycles. The molecule has 0 bridgehead atoms. The first-order chi connectivity index (χ1) is 9.11. The molecule has 7 heteroatoms. The van der Waals surface area contributed by atoms with Crippen LogP contribution in [-0.2, 0) is 4.79 Å². The summed E-state index contributed by atoms with van der Waals surface area (Å²) in [5.41, 5.74) is 0.102. The van der Waals surface area contributed by atoms with Crippen molar-refractivity contribution in [3.05, 3.63) is 39.6 Å². The quantitative estimate of drug-likeness (QED) is 0.825. The number of nitrogens with one attached hydrogen (secondary N) is 2. The normalized spacial score (nSPS) is 21.6. The monoisotopic (exact) mass is 275 g/mol. The maximum atomic E-state index is 11.9. The van der Waals surface area contributed by atoms with E-state index in [4.69, 9.17) is 4.42 Å². The molecule has 2 aromatic heterocycles. The standard InChI is InChI=1S/C12H9N3O3S/c1-5-2-3-7(18-5)8-6(4-13)10(16)14-12-9(8)11(17)15-19-12/h2-3,6,8H,1H3,(H,14,16)(H,15,17). The summed E-state index contributed by atoms with van der Waals surface area (Å²) in [6, 6.07) is 5.39. The zero-order valence-corrected chi connectivity index (χ0v) is 10.7. The van der Waals surface area contributed by atoms with Gasteiger partial charge in [0.05, 0.1) is 17.6 Å². The van der Waals surface area contributed by atoms with Crippen molar-refractivity contribution < 1.29 is 9.21 Å². The highest BCUT2D eigenvalue weighted by molar-refractivity contribution is 7.10. The van der Waals surface area contributed by atoms with E-state index < -0.39 is 17.7 Å². The van der Waals surface area contributed by atoms with Crippen LogP contribution in [0.2, 0.25) is 0 Å². The Hall–Kier alpha value is -2.33. The molecule has 3 rings (SSSR count). The average molecular weight is 275 g/mol. The van der Waals surface area contributed by atoms with E-state index in [0.29, 0.717) is 22.1 Å². The van der Waals surface area contributed by atoms with Gasteiger partial charge in [-0.05, 0) is 30.6 Å². The number of carbonyl (C=O) groups is 1. The molecule has 0 radical (unpaired) electrons. The van der Waals surface area contributed by atoms with Crippen molar-refractivity contribution in [2.24, 2.45) is 5.92 Å². The highest BCUT2D eigenvalue weighted by Crippen LogP contribution is 2.40. The molecular weight excluding hydrogens is 266 g/mol. The van der Waals surface area contributed by atoms with Gasteiger partial charge < -0.3 is 9.73 Å². The molecule has 2 unspecified atom stereocenters. The van der Waals surface area contributed by atoms with Gasteiger partial charge in [-0.25, -0.2) is 0 Å². The molecule has 19 heavy (non-hydrogen) atoms. The number of nitriles is 1. The Kier molecular flexibility index (Phi) is 2.54. The van der Waals surface area contributed by atoms with Crippen molar-refractivity contribution in [2.45, 2.75) is 12.8 Å². The number of H-pyrrole nitrogens is 1. The number of aromatic nitrogens is 1. The fraction of sp³-hybridized carbons (Fsp3) is 0.250. The fourth-order valence-corrected chi connectivity index (χ4v) is 3.04. The molecule has 6 nitrogen and oxygen atoms in total. The average Bonchev–Trinajstić information content (AvgIpc) is 2.95. The lowest BCUT2D eigenvalue weighted by molar-refractivity contribution is -0.119. The molecule has 3 heterocycles. The van der Waals surface area contributed by atoms with Crippen LogP contribution in [0, 0.1) is 24.2 Å². The molecule has 2 aromatic rings. The second-order valence-corrected chi connectivity index (χ2v) is 5.11. The number of aryl methyl sites for hydroxylation is 1. The van der Waals surface area contributed by atoms with Crippen LogP contribution in [0.25, 0.3) is 0 Å². The van der Waals surface area contributed by atoms with Gasteiger partial charge in [0, 0.05) is 0 Å². The third kappa shape index (κ3) is 1.69. The summed E-state index contributed by atoms with van der Waals surface area (Å²) in [6.07, 6.45) is 0. The number of anilines is 1. The lowest BCUT2D eigenvalue weighted by Gasteiger charge is -2.23. The molecule has 2 N–H and O–H groups in total. The van der Waals surface area contributed by atoms with E-state index in [2.05, 4.69) is 9.69 Å². The highest BCUT2D eigenvalue weighted by atomic mass is 32.1. The van der Waals surface area contributed by atoms with Gasteiger partial charge >= 0.3 is 0 Å². The summed E-state index contributed by atoms with van der Waals surface area (Å²) in [5.74, 6) is -0.898. The number of rotatable bonds is 1. The predicted molar refractivity (Wildman–Crippen MR) is 68.0 cm³/mol. The summed E-state index contributed by atoms with van der Waals surface area (Å²) in [4.78, 5) is 23.8. The van der Waals surface area contributed by atoms with Gasteiger partial charge in [-0.2, -0.15) is 5.26 Å². The minimum atomic E-state index is -0.964. The molecule has 0 saturated heterocycles. The largest absolute Gasteiger partial charge is 0.466 e. The Bertz CT molecular complexity index is 749. The molecule has 0 fully saturated rings. The summed E-state index contributed by atoms with van der Waals surface area (Å²) in [5, 5.41) is 12.2. The highest BCUT2D eigenvalue weighted by Gasteiger charge is 2.41. The summed E-state index contributed by atoms with van der Waals surface area (Å²) in [6.45, 7) is 1.77. The maximum Gasteiger partial charge on any atom is 0.264 e. The van der Waals surface area contributed by atoms with E-state index in [9.17, 15) is 14.9 Å². The van der Waals surface area contributed by atoms with Gasteiger partial charge in [0.25, 0.3) is 5.56 Å². The van der Waals surface area contributed by atoms with Gasteiger partial charge in [0.2, 0.25) is 5.91 Å². The minimum absolute atomic E-state index is 0.292. The minimum Gasteiger partial charge on any atom is -0.466 e. The SMILES string of the molecule is Cc1ccc(C2c3c(s[nH]c3=O)NC(=O)C2C#N)o1. The van der Waals surface area contributed by atoms with Crippen LogP contribution in [0.5, 0.6) is 0 Å². The van der Waals surface area contributed by atoms with Crippen LogP contribution < -0.4 is 10.9 Å². The van der Waals surface area contributed by atoms with Crippen LogP contribution in [0.3, 0.4) is 0 Å². The van der Waals surface area contributed by atoms with Gasteiger partial charge in [-0.15, -0.1) is 0 Å². The van der Waals surface area contributed by atoms with Crippen molar-refractivity contribution in [3.8, 4) is 6.07 Å². The summed E-state index contributed by atoms with van der Waals surface area (Å²) >= 11 is 1.05. The van der Waals surface area contributed by atoms with Crippen molar-refractivity contribution in [2.75, 3.05) is 5.32 Å². The smallest absolute Gasteiger partial charge is 0.264 e. The molecule has 1 aliphatic rings. The maximum absolute atomic E-state index is 11.9. The Morgan fingerprint density at radius 2 is 2.21 bits per heavy atom. The number of hydrogen-bond donors (Lipinski definition) is 2. The predicted octanol–water partition coefficient (Wildman–Crippen LogP) is 1.56. The number of carbonyl (C=O) groups excluding carboxylic acids is 1. The molecule has 0 aromatic carbocycles. The fourth-order valence-electron chi connectivity index (χ4n) is 2.25. The van der Waals surface area contributed by atoms with E-state index in [0.717, 1.165) is 11.5 Å². The first-order valence-corrected chi connectivity index (χ1v) is 6.41.